The van der Waals surface area contributed by atoms with E-state index in [0.717, 1.165) is 5.56 Å². The van der Waals surface area contributed by atoms with Crippen molar-refractivity contribution in [2.45, 2.75) is 19.4 Å². The van der Waals surface area contributed by atoms with Gasteiger partial charge in [0.2, 0.25) is 0 Å². The molecule has 1 aromatic carbocycles. The molecule has 0 radical (unpaired) electrons. The van der Waals surface area contributed by atoms with Crippen molar-refractivity contribution in [2.75, 3.05) is 6.54 Å². The smallest absolute Gasteiger partial charge is 0.307 e. The number of aryl methyl sites for hydroxylation is 1. The van der Waals surface area contributed by atoms with Gasteiger partial charge < -0.3 is 10.4 Å². The Morgan fingerprint density at radius 1 is 1.56 bits per heavy atom. The van der Waals surface area contributed by atoms with Crippen LogP contribution < -0.4 is 5.32 Å². The summed E-state index contributed by atoms with van der Waals surface area (Å²) in [5.41, 5.74) is 1.56. The monoisotopic (exact) mass is 223 g/mol. The van der Waals surface area contributed by atoms with E-state index in [0.29, 0.717) is 18.5 Å². The van der Waals surface area contributed by atoms with Gasteiger partial charge in [0.1, 0.15) is 5.82 Å². The number of nitrogens with one attached hydrogen (secondary N) is 1. The van der Waals surface area contributed by atoms with Crippen LogP contribution in [-0.2, 0) is 4.79 Å². The second-order valence-corrected chi connectivity index (χ2v) is 4.26. The van der Waals surface area contributed by atoms with Crippen LogP contribution in [0.4, 0.5) is 4.39 Å². The van der Waals surface area contributed by atoms with Crippen molar-refractivity contribution < 1.29 is 14.3 Å². The Labute approximate surface area is 93.3 Å². The first-order chi connectivity index (χ1) is 7.58. The van der Waals surface area contributed by atoms with Gasteiger partial charge in [-0.2, -0.15) is 0 Å². The second kappa shape index (κ2) is 4.22. The molecule has 1 fully saturated rings. The first kappa shape index (κ1) is 11.1. The van der Waals surface area contributed by atoms with Gasteiger partial charge in [-0.3, -0.25) is 4.79 Å². The Kier molecular flexibility index (Phi) is 2.92. The van der Waals surface area contributed by atoms with Crippen molar-refractivity contribution in [1.29, 1.82) is 0 Å². The molecular weight excluding hydrogens is 209 g/mol. The maximum atomic E-state index is 13.6. The molecule has 0 bridgehead atoms. The van der Waals surface area contributed by atoms with E-state index in [1.54, 1.807) is 12.1 Å². The number of aliphatic carboxylic acids is 1. The van der Waals surface area contributed by atoms with E-state index < -0.39 is 11.9 Å². The summed E-state index contributed by atoms with van der Waals surface area (Å²) >= 11 is 0. The van der Waals surface area contributed by atoms with Crippen molar-refractivity contribution in [3.05, 3.63) is 35.1 Å². The molecule has 2 atom stereocenters. The number of carbonyl (C=O) groups is 1. The van der Waals surface area contributed by atoms with E-state index in [1.165, 1.54) is 6.07 Å². The lowest BCUT2D eigenvalue weighted by Crippen LogP contribution is -2.17. The third-order valence-corrected chi connectivity index (χ3v) is 3.01. The summed E-state index contributed by atoms with van der Waals surface area (Å²) in [7, 11) is 0. The molecule has 1 aliphatic heterocycles. The molecule has 1 aliphatic rings. The van der Waals surface area contributed by atoms with Crippen molar-refractivity contribution in [1.82, 2.24) is 5.32 Å². The average Bonchev–Trinajstić information content (AvgIpc) is 2.70. The van der Waals surface area contributed by atoms with Crippen LogP contribution in [0.25, 0.3) is 0 Å². The molecule has 1 heterocycles. The molecule has 1 saturated heterocycles. The minimum Gasteiger partial charge on any atom is -0.481 e. The number of halogens is 1. The number of carboxylic acid groups (broad SMARTS) is 1. The van der Waals surface area contributed by atoms with Crippen LogP contribution >= 0.6 is 0 Å². The first-order valence-corrected chi connectivity index (χ1v) is 5.30. The van der Waals surface area contributed by atoms with Gasteiger partial charge in [-0.05, 0) is 19.4 Å². The van der Waals surface area contributed by atoms with Gasteiger partial charge >= 0.3 is 5.97 Å². The highest BCUT2D eigenvalue weighted by Gasteiger charge is 2.31. The lowest BCUT2D eigenvalue weighted by molar-refractivity contribution is -0.141. The number of hydrogen-bond acceptors (Lipinski definition) is 2. The Hall–Kier alpha value is -1.42. The second-order valence-electron chi connectivity index (χ2n) is 4.26. The Morgan fingerprint density at radius 3 is 2.94 bits per heavy atom. The zero-order valence-electron chi connectivity index (χ0n) is 9.03. The maximum absolute atomic E-state index is 13.6. The summed E-state index contributed by atoms with van der Waals surface area (Å²) in [6, 6.07) is 4.74. The summed E-state index contributed by atoms with van der Waals surface area (Å²) in [4.78, 5) is 10.8. The highest BCUT2D eigenvalue weighted by Crippen LogP contribution is 2.29. The Balaban J connectivity index is 2.20. The SMILES string of the molecule is Cc1ccc(F)c(C2CC(C(=O)O)CN2)c1. The molecule has 4 heteroatoms. The highest BCUT2D eigenvalue weighted by molar-refractivity contribution is 5.70. The highest BCUT2D eigenvalue weighted by atomic mass is 19.1. The molecule has 16 heavy (non-hydrogen) atoms. The third kappa shape index (κ3) is 2.07. The number of benzene rings is 1. The van der Waals surface area contributed by atoms with Crippen molar-refractivity contribution in [3.63, 3.8) is 0 Å². The molecule has 0 aliphatic carbocycles. The number of rotatable bonds is 2. The number of carboxylic acids is 1. The lowest BCUT2D eigenvalue weighted by Gasteiger charge is -2.12. The minimum atomic E-state index is -0.817. The largest absolute Gasteiger partial charge is 0.481 e. The molecule has 0 aromatic heterocycles. The van der Waals surface area contributed by atoms with Crippen molar-refractivity contribution in [2.24, 2.45) is 5.92 Å². The van der Waals surface area contributed by atoms with Gasteiger partial charge in [0.25, 0.3) is 0 Å². The fourth-order valence-electron chi connectivity index (χ4n) is 2.09. The van der Waals surface area contributed by atoms with Crippen LogP contribution in [0.3, 0.4) is 0 Å². The van der Waals surface area contributed by atoms with Gasteiger partial charge in [0.15, 0.2) is 0 Å². The molecule has 1 aromatic rings. The quantitative estimate of drug-likeness (QED) is 0.804. The van der Waals surface area contributed by atoms with Gasteiger partial charge in [0.05, 0.1) is 5.92 Å². The van der Waals surface area contributed by atoms with Crippen molar-refractivity contribution >= 4 is 5.97 Å². The van der Waals surface area contributed by atoms with Crippen LogP contribution in [-0.4, -0.2) is 17.6 Å². The van der Waals surface area contributed by atoms with Gasteiger partial charge in [-0.15, -0.1) is 0 Å². The number of hydrogen-bond donors (Lipinski definition) is 2. The maximum Gasteiger partial charge on any atom is 0.307 e. The molecule has 0 spiro atoms. The normalized spacial score (nSPS) is 24.6. The average molecular weight is 223 g/mol. The van der Waals surface area contributed by atoms with Gasteiger partial charge in [-0.1, -0.05) is 17.7 Å². The van der Waals surface area contributed by atoms with E-state index >= 15 is 0 Å². The van der Waals surface area contributed by atoms with Gasteiger partial charge in [0, 0.05) is 18.2 Å². The molecular formula is C12H14FNO2. The predicted molar refractivity (Wildman–Crippen MR) is 57.6 cm³/mol. The minimum absolute atomic E-state index is 0.180. The topological polar surface area (TPSA) is 49.3 Å². The van der Waals surface area contributed by atoms with Crippen LogP contribution in [0.2, 0.25) is 0 Å². The van der Waals surface area contributed by atoms with E-state index in [2.05, 4.69) is 5.32 Å². The summed E-state index contributed by atoms with van der Waals surface area (Å²) in [6.07, 6.45) is 0.454. The van der Waals surface area contributed by atoms with Crippen LogP contribution in [0.1, 0.15) is 23.6 Å². The third-order valence-electron chi connectivity index (χ3n) is 3.01. The molecule has 86 valence electrons. The lowest BCUT2D eigenvalue weighted by atomic mass is 9.98. The molecule has 2 rings (SSSR count). The fourth-order valence-corrected chi connectivity index (χ4v) is 2.09. The summed E-state index contributed by atoms with van der Waals surface area (Å²) in [5.74, 6) is -1.50. The van der Waals surface area contributed by atoms with Crippen LogP contribution in [0, 0.1) is 18.7 Å². The van der Waals surface area contributed by atoms with Crippen molar-refractivity contribution in [3.8, 4) is 0 Å². The fraction of sp³-hybridized carbons (Fsp3) is 0.417. The Bertz CT molecular complexity index is 419. The molecule has 2 N–H and O–H groups in total. The zero-order valence-corrected chi connectivity index (χ0v) is 9.03. The molecule has 0 amide bonds. The summed E-state index contributed by atoms with van der Waals surface area (Å²) < 4.78 is 13.6. The van der Waals surface area contributed by atoms with Crippen LogP contribution in [0.15, 0.2) is 18.2 Å². The van der Waals surface area contributed by atoms with Gasteiger partial charge in [-0.25, -0.2) is 4.39 Å². The van der Waals surface area contributed by atoms with E-state index in [4.69, 9.17) is 5.11 Å². The predicted octanol–water partition coefficient (Wildman–Crippen LogP) is 1.87. The van der Waals surface area contributed by atoms with E-state index in [-0.39, 0.29) is 11.9 Å². The standard InChI is InChI=1S/C12H14FNO2/c1-7-2-3-10(13)9(4-7)11-5-8(6-14-11)12(15)16/h2-4,8,11,14H,5-6H2,1H3,(H,15,16). The molecule has 3 nitrogen and oxygen atoms in total. The zero-order chi connectivity index (χ0) is 11.7. The molecule has 2 unspecified atom stereocenters. The van der Waals surface area contributed by atoms with Crippen LogP contribution in [0.5, 0.6) is 0 Å². The summed E-state index contributed by atoms with van der Waals surface area (Å²) in [5, 5.41) is 11.9. The first-order valence-electron chi connectivity index (χ1n) is 5.30. The van der Waals surface area contributed by atoms with E-state index in [1.807, 2.05) is 6.92 Å². The molecule has 0 saturated carbocycles. The Morgan fingerprint density at radius 2 is 2.31 bits per heavy atom. The summed E-state index contributed by atoms with van der Waals surface area (Å²) in [6.45, 7) is 2.31. The van der Waals surface area contributed by atoms with E-state index in [9.17, 15) is 9.18 Å².